The molecule has 14 heavy (non-hydrogen) atoms. The Hall–Kier alpha value is -1.08. The van der Waals surface area contributed by atoms with Crippen LogP contribution < -0.4 is 0 Å². The Bertz CT molecular complexity index is 328. The van der Waals surface area contributed by atoms with E-state index in [1.165, 1.54) is 10.8 Å². The molecule has 0 bridgehead atoms. The lowest BCUT2D eigenvalue weighted by atomic mass is 10.2. The van der Waals surface area contributed by atoms with Gasteiger partial charge >= 0.3 is 0 Å². The molecule has 1 aromatic carbocycles. The van der Waals surface area contributed by atoms with Crippen molar-refractivity contribution in [2.45, 2.75) is 19.6 Å². The fourth-order valence-electron chi connectivity index (χ4n) is 1.01. The Balaban J connectivity index is 2.71. The molecule has 0 atom stereocenters. The molecule has 0 unspecified atom stereocenters. The van der Waals surface area contributed by atoms with Gasteiger partial charge in [0, 0.05) is 0 Å². The van der Waals surface area contributed by atoms with Gasteiger partial charge in [0.2, 0.25) is 0 Å². The van der Waals surface area contributed by atoms with Gasteiger partial charge in [-0.3, -0.25) is 0 Å². The number of rotatable bonds is 3. The Morgan fingerprint density at radius 3 is 2.21 bits per heavy atom. The Labute approximate surface area is 88.0 Å². The molecule has 0 radical (unpaired) electrons. The Morgan fingerprint density at radius 2 is 1.71 bits per heavy atom. The van der Waals surface area contributed by atoms with Gasteiger partial charge in [-0.2, -0.15) is 0 Å². The summed E-state index contributed by atoms with van der Waals surface area (Å²) in [6, 6.07) is 10.3. The van der Waals surface area contributed by atoms with Gasteiger partial charge in [0.25, 0.3) is 0 Å². The largest absolute Gasteiger partial charge is 0.0998 e. The highest BCUT2D eigenvalue weighted by molar-refractivity contribution is 6.83. The van der Waals surface area contributed by atoms with Gasteiger partial charge in [-0.1, -0.05) is 73.9 Å². The van der Waals surface area contributed by atoms with Gasteiger partial charge < -0.3 is 0 Å². The molecule has 1 heteroatoms. The third-order valence-corrected chi connectivity index (χ3v) is 4.33. The molecule has 0 fully saturated rings. The zero-order chi connectivity index (χ0) is 10.6. The molecule has 0 nitrogen and oxygen atoms in total. The van der Waals surface area contributed by atoms with Gasteiger partial charge in [0.15, 0.2) is 0 Å². The molecule has 0 spiro atoms. The fourth-order valence-corrected chi connectivity index (χ4v) is 1.59. The Morgan fingerprint density at radius 1 is 1.14 bits per heavy atom. The van der Waals surface area contributed by atoms with Gasteiger partial charge in [-0.25, -0.2) is 0 Å². The molecule has 0 saturated carbocycles. The van der Waals surface area contributed by atoms with E-state index in [-0.39, 0.29) is 0 Å². The van der Waals surface area contributed by atoms with Crippen molar-refractivity contribution < 1.29 is 0 Å². The molecular formula is C13H18Si. The van der Waals surface area contributed by atoms with Crippen LogP contribution in [0.2, 0.25) is 19.6 Å². The van der Waals surface area contributed by atoms with Gasteiger partial charge in [-0.15, -0.1) is 0 Å². The van der Waals surface area contributed by atoms with Crippen LogP contribution in [0.3, 0.4) is 0 Å². The summed E-state index contributed by atoms with van der Waals surface area (Å²) >= 11 is 0. The van der Waals surface area contributed by atoms with E-state index in [1.807, 2.05) is 6.07 Å². The third kappa shape index (κ3) is 3.34. The van der Waals surface area contributed by atoms with Crippen LogP contribution in [-0.4, -0.2) is 8.07 Å². The van der Waals surface area contributed by atoms with Crippen molar-refractivity contribution in [1.29, 1.82) is 0 Å². The zero-order valence-corrected chi connectivity index (χ0v) is 10.2. The van der Waals surface area contributed by atoms with Crippen molar-refractivity contribution in [3.63, 3.8) is 0 Å². The average Bonchev–Trinajstić information content (AvgIpc) is 2.14. The minimum absolute atomic E-state index is 1.20. The van der Waals surface area contributed by atoms with Crippen LogP contribution in [0.1, 0.15) is 5.56 Å². The molecule has 0 aromatic heterocycles. The van der Waals surface area contributed by atoms with E-state index < -0.39 is 8.07 Å². The molecule has 0 amide bonds. The van der Waals surface area contributed by atoms with E-state index in [0.29, 0.717) is 0 Å². The van der Waals surface area contributed by atoms with Crippen molar-refractivity contribution in [3.8, 4) is 0 Å². The van der Waals surface area contributed by atoms with Crippen molar-refractivity contribution in [1.82, 2.24) is 0 Å². The van der Waals surface area contributed by atoms with Crippen LogP contribution in [0.25, 0.3) is 6.08 Å². The van der Waals surface area contributed by atoms with Crippen molar-refractivity contribution in [2.75, 3.05) is 0 Å². The molecule has 0 aliphatic carbocycles. The van der Waals surface area contributed by atoms with E-state index in [2.05, 4.69) is 62.6 Å². The molecule has 1 aromatic rings. The van der Waals surface area contributed by atoms with Crippen LogP contribution >= 0.6 is 0 Å². The van der Waals surface area contributed by atoms with Gasteiger partial charge in [-0.05, 0) is 5.56 Å². The summed E-state index contributed by atoms with van der Waals surface area (Å²) < 4.78 is 0. The van der Waals surface area contributed by atoms with E-state index in [9.17, 15) is 0 Å². The van der Waals surface area contributed by atoms with Crippen LogP contribution in [0.15, 0.2) is 48.2 Å². The number of benzene rings is 1. The molecule has 0 saturated heterocycles. The predicted molar refractivity (Wildman–Crippen MR) is 68.0 cm³/mol. The topological polar surface area (TPSA) is 0 Å². The van der Waals surface area contributed by atoms with Crippen LogP contribution in [-0.2, 0) is 0 Å². The lowest BCUT2D eigenvalue weighted by Crippen LogP contribution is -2.21. The summed E-state index contributed by atoms with van der Waals surface area (Å²) in [4.78, 5) is 0. The van der Waals surface area contributed by atoms with E-state index in [1.54, 1.807) is 0 Å². The standard InChI is InChI=1S/C13H18Si/c1-12(14(2,3)4)10-11-13-8-6-5-7-9-13/h5-11H,1H2,2-4H3. The molecular weight excluding hydrogens is 184 g/mol. The minimum atomic E-state index is -1.20. The van der Waals surface area contributed by atoms with Crippen molar-refractivity contribution in [3.05, 3.63) is 53.7 Å². The lowest BCUT2D eigenvalue weighted by molar-refractivity contribution is 1.64. The molecule has 74 valence electrons. The normalized spacial score (nSPS) is 11.9. The first-order valence-electron chi connectivity index (χ1n) is 4.92. The summed E-state index contributed by atoms with van der Waals surface area (Å²) in [7, 11) is -1.20. The summed E-state index contributed by atoms with van der Waals surface area (Å²) in [5, 5.41) is 1.29. The number of hydrogen-bond donors (Lipinski definition) is 0. The Kier molecular flexibility index (Phi) is 3.47. The highest BCUT2D eigenvalue weighted by atomic mass is 28.3. The molecule has 0 aliphatic heterocycles. The summed E-state index contributed by atoms with van der Waals surface area (Å²) in [6.07, 6.45) is 4.29. The second-order valence-electron chi connectivity index (χ2n) is 4.52. The first-order valence-corrected chi connectivity index (χ1v) is 8.42. The van der Waals surface area contributed by atoms with Crippen LogP contribution in [0.4, 0.5) is 0 Å². The molecule has 0 heterocycles. The second-order valence-corrected chi connectivity index (χ2v) is 9.66. The van der Waals surface area contributed by atoms with Crippen LogP contribution in [0.5, 0.6) is 0 Å². The number of allylic oxidation sites excluding steroid dienone is 2. The SMILES string of the molecule is C=C(C=Cc1ccccc1)[Si](C)(C)C. The maximum absolute atomic E-state index is 4.12. The van der Waals surface area contributed by atoms with Gasteiger partial charge in [0.1, 0.15) is 0 Å². The lowest BCUT2D eigenvalue weighted by Gasteiger charge is -2.15. The second kappa shape index (κ2) is 4.42. The summed E-state index contributed by atoms with van der Waals surface area (Å²) in [6.45, 7) is 11.0. The highest BCUT2D eigenvalue weighted by Gasteiger charge is 2.14. The van der Waals surface area contributed by atoms with Gasteiger partial charge in [0.05, 0.1) is 8.07 Å². The summed E-state index contributed by atoms with van der Waals surface area (Å²) in [5.74, 6) is 0. The first-order chi connectivity index (χ1) is 6.50. The van der Waals surface area contributed by atoms with Crippen molar-refractivity contribution >= 4 is 14.1 Å². The fraction of sp³-hybridized carbons (Fsp3) is 0.231. The van der Waals surface area contributed by atoms with E-state index >= 15 is 0 Å². The summed E-state index contributed by atoms with van der Waals surface area (Å²) in [5.41, 5.74) is 1.24. The third-order valence-electron chi connectivity index (χ3n) is 2.24. The smallest absolute Gasteiger partial charge is 0.0768 e. The van der Waals surface area contributed by atoms with E-state index in [0.717, 1.165) is 0 Å². The zero-order valence-electron chi connectivity index (χ0n) is 9.25. The maximum atomic E-state index is 4.12. The molecule has 0 aliphatic rings. The predicted octanol–water partition coefficient (Wildman–Crippen LogP) is 4.13. The van der Waals surface area contributed by atoms with Crippen LogP contribution in [0, 0.1) is 0 Å². The molecule has 1 rings (SSSR count). The first kappa shape index (κ1) is 11.0. The quantitative estimate of drug-likeness (QED) is 0.510. The number of hydrogen-bond acceptors (Lipinski definition) is 0. The maximum Gasteiger partial charge on any atom is 0.0768 e. The minimum Gasteiger partial charge on any atom is -0.0998 e. The highest BCUT2D eigenvalue weighted by Crippen LogP contribution is 2.14. The molecule has 0 N–H and O–H groups in total. The monoisotopic (exact) mass is 202 g/mol. The average molecular weight is 202 g/mol. The van der Waals surface area contributed by atoms with E-state index in [4.69, 9.17) is 0 Å². The van der Waals surface area contributed by atoms with Crippen molar-refractivity contribution in [2.24, 2.45) is 0 Å².